The molecule has 2 aromatic rings. The number of amides is 1. The lowest BCUT2D eigenvalue weighted by Crippen LogP contribution is -2.41. The lowest BCUT2D eigenvalue weighted by Gasteiger charge is -2.37. The van der Waals surface area contributed by atoms with Crippen LogP contribution < -0.4 is 5.32 Å². The molecule has 5 heteroatoms. The van der Waals surface area contributed by atoms with E-state index in [4.69, 9.17) is 4.98 Å². The quantitative estimate of drug-likeness (QED) is 0.650. The van der Waals surface area contributed by atoms with Crippen LogP contribution in [0.4, 0.5) is 0 Å². The third-order valence-electron chi connectivity index (χ3n) is 7.85. The van der Waals surface area contributed by atoms with E-state index in [1.54, 1.807) is 0 Å². The molecule has 1 aliphatic carbocycles. The second-order valence-corrected chi connectivity index (χ2v) is 10.9. The summed E-state index contributed by atoms with van der Waals surface area (Å²) >= 11 is 3.63. The first-order chi connectivity index (χ1) is 15.6. The predicted molar refractivity (Wildman–Crippen MR) is 132 cm³/mol. The van der Waals surface area contributed by atoms with Crippen molar-refractivity contribution in [2.75, 3.05) is 26.2 Å². The van der Waals surface area contributed by atoms with Crippen molar-refractivity contribution < 1.29 is 4.79 Å². The normalized spacial score (nSPS) is 22.2. The predicted octanol–water partition coefficient (Wildman–Crippen LogP) is 5.01. The highest BCUT2D eigenvalue weighted by Crippen LogP contribution is 2.43. The maximum atomic E-state index is 13.0. The topological polar surface area (TPSA) is 45.2 Å². The Morgan fingerprint density at radius 1 is 1.09 bits per heavy atom. The second kappa shape index (κ2) is 9.64. The van der Waals surface area contributed by atoms with Crippen molar-refractivity contribution in [3.05, 3.63) is 62.9 Å². The van der Waals surface area contributed by atoms with Gasteiger partial charge in [0.25, 0.3) is 0 Å². The molecule has 2 fully saturated rings. The van der Waals surface area contributed by atoms with Crippen LogP contribution in [0.1, 0.15) is 66.0 Å². The maximum Gasteiger partial charge on any atom is 0.222 e. The highest BCUT2D eigenvalue weighted by Gasteiger charge is 2.35. The molecule has 32 heavy (non-hydrogen) atoms. The van der Waals surface area contributed by atoms with Crippen LogP contribution in [0.2, 0.25) is 0 Å². The fourth-order valence-corrected chi connectivity index (χ4v) is 6.44. The number of carbonyl (C=O) groups is 1. The first-order valence-electron chi connectivity index (χ1n) is 12.3. The zero-order valence-corrected chi connectivity index (χ0v) is 20.7. The van der Waals surface area contributed by atoms with E-state index in [2.05, 4.69) is 57.3 Å². The Morgan fingerprint density at radius 2 is 1.84 bits per heavy atom. The lowest BCUT2D eigenvalue weighted by atomic mass is 9.76. The van der Waals surface area contributed by atoms with Crippen LogP contribution in [-0.4, -0.2) is 42.0 Å². The molecule has 0 bridgehead atoms. The molecule has 1 aromatic heterocycles. The molecule has 1 N–H and O–H groups in total. The molecule has 1 atom stereocenters. The van der Waals surface area contributed by atoms with Gasteiger partial charge >= 0.3 is 0 Å². The van der Waals surface area contributed by atoms with E-state index < -0.39 is 0 Å². The monoisotopic (exact) mass is 495 g/mol. The van der Waals surface area contributed by atoms with Crippen LogP contribution in [0.3, 0.4) is 0 Å². The van der Waals surface area contributed by atoms with Crippen molar-refractivity contribution in [2.45, 2.75) is 57.8 Å². The molecule has 4 nitrogen and oxygen atoms in total. The minimum absolute atomic E-state index is 0.331. The van der Waals surface area contributed by atoms with Gasteiger partial charge in [0.15, 0.2) is 0 Å². The molecule has 3 aliphatic rings. The van der Waals surface area contributed by atoms with E-state index in [-0.39, 0.29) is 0 Å². The van der Waals surface area contributed by atoms with Crippen molar-refractivity contribution in [3.63, 3.8) is 0 Å². The highest BCUT2D eigenvalue weighted by atomic mass is 79.9. The summed E-state index contributed by atoms with van der Waals surface area (Å²) in [6.07, 6.45) is 9.21. The molecular weight excluding hydrogens is 462 g/mol. The van der Waals surface area contributed by atoms with Gasteiger partial charge in [-0.05, 0) is 109 Å². The average Bonchev–Trinajstić information content (AvgIpc) is 2.96. The fourth-order valence-electron chi connectivity index (χ4n) is 6.06. The third kappa shape index (κ3) is 4.65. The Bertz CT molecular complexity index is 923. The summed E-state index contributed by atoms with van der Waals surface area (Å²) in [5.41, 5.74) is 6.91. The number of hydrogen-bond donors (Lipinski definition) is 1. The Labute approximate surface area is 200 Å². The maximum absolute atomic E-state index is 13.0. The zero-order chi connectivity index (χ0) is 22.1. The minimum Gasteiger partial charge on any atom is -0.343 e. The smallest absolute Gasteiger partial charge is 0.222 e. The number of nitrogens with one attached hydrogen (secondary N) is 1. The number of carbonyl (C=O) groups excluding carboxylic acids is 1. The molecule has 1 amide bonds. The SMILES string of the molecule is Cc1ccc2c(c1)CCc1cc(Br)cnc1C2C1CCN(C(=O)CC2CCNCC2)CC1. The van der Waals surface area contributed by atoms with Crippen molar-refractivity contribution >= 4 is 21.8 Å². The van der Waals surface area contributed by atoms with Gasteiger partial charge in [0.1, 0.15) is 0 Å². The standard InChI is InChI=1S/C27H34BrN3O/c1-18-2-5-24-21(14-18)3-4-22-16-23(28)17-30-27(22)26(24)20-8-12-31(13-9-20)25(32)15-19-6-10-29-11-7-19/h2,5,14,16-17,19-20,26,29H,3-4,6-13,15H2,1H3. The van der Waals surface area contributed by atoms with Gasteiger partial charge in [-0.2, -0.15) is 0 Å². The molecule has 0 spiro atoms. The first kappa shape index (κ1) is 22.1. The first-order valence-corrected chi connectivity index (χ1v) is 13.1. The summed E-state index contributed by atoms with van der Waals surface area (Å²) in [6.45, 7) is 6.08. The number of aromatic nitrogens is 1. The number of aryl methyl sites for hydroxylation is 3. The molecule has 0 saturated carbocycles. The number of hydrogen-bond acceptors (Lipinski definition) is 3. The van der Waals surface area contributed by atoms with Crippen molar-refractivity contribution in [3.8, 4) is 0 Å². The van der Waals surface area contributed by atoms with E-state index in [9.17, 15) is 4.79 Å². The Kier molecular flexibility index (Phi) is 6.66. The summed E-state index contributed by atoms with van der Waals surface area (Å²) < 4.78 is 1.07. The van der Waals surface area contributed by atoms with Crippen LogP contribution in [0.25, 0.3) is 0 Å². The lowest BCUT2D eigenvalue weighted by molar-refractivity contribution is -0.133. The second-order valence-electron chi connectivity index (χ2n) is 9.99. The summed E-state index contributed by atoms with van der Waals surface area (Å²) in [6, 6.07) is 9.25. The molecule has 0 radical (unpaired) electrons. The molecule has 170 valence electrons. The van der Waals surface area contributed by atoms with E-state index in [0.717, 1.165) is 75.6 Å². The molecule has 1 aromatic carbocycles. The summed E-state index contributed by atoms with van der Waals surface area (Å²) in [4.78, 5) is 20.1. The zero-order valence-electron chi connectivity index (χ0n) is 19.1. The highest BCUT2D eigenvalue weighted by molar-refractivity contribution is 9.10. The van der Waals surface area contributed by atoms with E-state index >= 15 is 0 Å². The molecule has 2 saturated heterocycles. The van der Waals surface area contributed by atoms with Crippen LogP contribution >= 0.6 is 15.9 Å². The number of pyridine rings is 1. The average molecular weight is 496 g/mol. The number of likely N-dealkylation sites (tertiary alicyclic amines) is 1. The van der Waals surface area contributed by atoms with E-state index in [0.29, 0.717) is 23.7 Å². The van der Waals surface area contributed by atoms with Crippen LogP contribution in [-0.2, 0) is 17.6 Å². The van der Waals surface area contributed by atoms with Gasteiger partial charge in [-0.15, -0.1) is 0 Å². The van der Waals surface area contributed by atoms with Gasteiger partial charge in [0, 0.05) is 36.1 Å². The number of nitrogens with zero attached hydrogens (tertiary/aromatic N) is 2. The minimum atomic E-state index is 0.331. The molecule has 2 aliphatic heterocycles. The van der Waals surface area contributed by atoms with Crippen LogP contribution in [0.5, 0.6) is 0 Å². The summed E-state index contributed by atoms with van der Waals surface area (Å²) in [7, 11) is 0. The number of halogens is 1. The van der Waals surface area contributed by atoms with Gasteiger partial charge < -0.3 is 10.2 Å². The van der Waals surface area contributed by atoms with E-state index in [1.165, 1.54) is 27.9 Å². The van der Waals surface area contributed by atoms with Crippen LogP contribution in [0, 0.1) is 18.8 Å². The van der Waals surface area contributed by atoms with Crippen LogP contribution in [0.15, 0.2) is 34.9 Å². The van der Waals surface area contributed by atoms with Crippen molar-refractivity contribution in [1.82, 2.24) is 15.2 Å². The molecule has 3 heterocycles. The molecular formula is C27H34BrN3O. The molecule has 1 unspecified atom stereocenters. The largest absolute Gasteiger partial charge is 0.343 e. The Balaban J connectivity index is 1.35. The van der Waals surface area contributed by atoms with Gasteiger partial charge in [0.05, 0.1) is 5.69 Å². The number of piperidine rings is 2. The Hall–Kier alpha value is -1.72. The van der Waals surface area contributed by atoms with Crippen molar-refractivity contribution in [2.24, 2.45) is 11.8 Å². The summed E-state index contributed by atoms with van der Waals surface area (Å²) in [5, 5.41) is 3.40. The Morgan fingerprint density at radius 3 is 2.62 bits per heavy atom. The number of fused-ring (bicyclic) bond motifs is 2. The van der Waals surface area contributed by atoms with E-state index in [1.807, 2.05) is 6.20 Å². The van der Waals surface area contributed by atoms with Gasteiger partial charge in [0.2, 0.25) is 5.91 Å². The third-order valence-corrected chi connectivity index (χ3v) is 8.28. The number of benzene rings is 1. The molecule has 5 rings (SSSR count). The fraction of sp³-hybridized carbons (Fsp3) is 0.556. The van der Waals surface area contributed by atoms with Gasteiger partial charge in [-0.3, -0.25) is 9.78 Å². The van der Waals surface area contributed by atoms with Gasteiger partial charge in [-0.25, -0.2) is 0 Å². The number of rotatable bonds is 3. The van der Waals surface area contributed by atoms with Gasteiger partial charge in [-0.1, -0.05) is 23.8 Å². The summed E-state index contributed by atoms with van der Waals surface area (Å²) in [5.74, 6) is 1.80. The van der Waals surface area contributed by atoms with Crippen molar-refractivity contribution in [1.29, 1.82) is 0 Å².